The van der Waals surface area contributed by atoms with Crippen molar-refractivity contribution in [1.29, 1.82) is 0 Å². The van der Waals surface area contributed by atoms with Crippen LogP contribution in [0.3, 0.4) is 0 Å². The van der Waals surface area contributed by atoms with Gasteiger partial charge in [0.2, 0.25) is 0 Å². The Kier molecular flexibility index (Phi) is 5.45. The summed E-state index contributed by atoms with van der Waals surface area (Å²) in [5.41, 5.74) is 0.658. The van der Waals surface area contributed by atoms with Crippen molar-refractivity contribution in [2.75, 3.05) is 19.8 Å². The Morgan fingerprint density at radius 3 is 2.75 bits per heavy atom. The third kappa shape index (κ3) is 4.32. The molecule has 0 saturated heterocycles. The van der Waals surface area contributed by atoms with Gasteiger partial charge in [-0.15, -0.1) is 0 Å². The van der Waals surface area contributed by atoms with E-state index in [0.717, 1.165) is 25.7 Å². The number of carbonyl (C=O) groups excluding carboxylic acids is 2. The standard InChI is InChI=1S/C17H20ClNO5/c18-13-7-11(8-14-17(13)23-6-5-22-14)9-16(21)24-10-15(20)19-12-3-1-2-4-12/h7-8,12H,1-6,9-10H2,(H,19,20). The number of esters is 1. The molecule has 0 unspecified atom stereocenters. The summed E-state index contributed by atoms with van der Waals surface area (Å²) >= 11 is 6.13. The summed E-state index contributed by atoms with van der Waals surface area (Å²) in [6.07, 6.45) is 4.28. The van der Waals surface area contributed by atoms with Gasteiger partial charge in [-0.25, -0.2) is 0 Å². The summed E-state index contributed by atoms with van der Waals surface area (Å²) in [4.78, 5) is 23.7. The first-order valence-electron chi connectivity index (χ1n) is 8.15. The molecule has 1 N–H and O–H groups in total. The van der Waals surface area contributed by atoms with E-state index in [9.17, 15) is 9.59 Å². The van der Waals surface area contributed by atoms with Gasteiger partial charge >= 0.3 is 5.97 Å². The van der Waals surface area contributed by atoms with Crippen LogP contribution in [-0.2, 0) is 20.7 Å². The second-order valence-electron chi connectivity index (χ2n) is 5.99. The van der Waals surface area contributed by atoms with E-state index in [4.69, 9.17) is 25.8 Å². The highest BCUT2D eigenvalue weighted by Gasteiger charge is 2.20. The maximum Gasteiger partial charge on any atom is 0.310 e. The Hall–Kier alpha value is -1.95. The third-order valence-electron chi connectivity index (χ3n) is 4.09. The van der Waals surface area contributed by atoms with Crippen LogP contribution in [-0.4, -0.2) is 37.7 Å². The molecule has 1 heterocycles. The van der Waals surface area contributed by atoms with Crippen molar-refractivity contribution >= 4 is 23.5 Å². The molecule has 1 fully saturated rings. The smallest absolute Gasteiger partial charge is 0.310 e. The predicted molar refractivity (Wildman–Crippen MR) is 87.5 cm³/mol. The molecule has 0 aromatic heterocycles. The van der Waals surface area contributed by atoms with Crippen LogP contribution in [0.5, 0.6) is 11.5 Å². The van der Waals surface area contributed by atoms with Gasteiger partial charge in [0.15, 0.2) is 18.1 Å². The Morgan fingerprint density at radius 1 is 1.21 bits per heavy atom. The summed E-state index contributed by atoms with van der Waals surface area (Å²) in [7, 11) is 0. The lowest BCUT2D eigenvalue weighted by Crippen LogP contribution is -2.36. The molecule has 0 radical (unpaired) electrons. The number of carbonyl (C=O) groups is 2. The van der Waals surface area contributed by atoms with Crippen LogP contribution >= 0.6 is 11.6 Å². The molecule has 7 heteroatoms. The van der Waals surface area contributed by atoms with Crippen molar-refractivity contribution in [3.05, 3.63) is 22.7 Å². The van der Waals surface area contributed by atoms with Gasteiger partial charge in [-0.1, -0.05) is 24.4 Å². The first kappa shape index (κ1) is 16.9. The quantitative estimate of drug-likeness (QED) is 0.822. The minimum absolute atomic E-state index is 0.0209. The van der Waals surface area contributed by atoms with Crippen molar-refractivity contribution in [2.45, 2.75) is 38.1 Å². The zero-order valence-electron chi connectivity index (χ0n) is 13.3. The van der Waals surface area contributed by atoms with Gasteiger partial charge in [-0.05, 0) is 30.5 Å². The average molecular weight is 354 g/mol. The number of hydrogen-bond donors (Lipinski definition) is 1. The molecule has 1 aromatic rings. The van der Waals surface area contributed by atoms with Crippen LogP contribution in [0.25, 0.3) is 0 Å². The van der Waals surface area contributed by atoms with E-state index in [2.05, 4.69) is 5.32 Å². The van der Waals surface area contributed by atoms with Gasteiger partial charge in [-0.2, -0.15) is 0 Å². The molecule has 130 valence electrons. The van der Waals surface area contributed by atoms with E-state index in [-0.39, 0.29) is 25.0 Å². The zero-order valence-corrected chi connectivity index (χ0v) is 14.1. The molecule has 1 aliphatic carbocycles. The van der Waals surface area contributed by atoms with Gasteiger partial charge in [0.05, 0.1) is 11.4 Å². The van der Waals surface area contributed by atoms with Crippen LogP contribution in [0, 0.1) is 0 Å². The molecule has 1 aromatic carbocycles. The second-order valence-corrected chi connectivity index (χ2v) is 6.40. The highest BCUT2D eigenvalue weighted by Crippen LogP contribution is 2.38. The van der Waals surface area contributed by atoms with Gasteiger partial charge in [0, 0.05) is 6.04 Å². The number of halogens is 1. The fourth-order valence-electron chi connectivity index (χ4n) is 2.97. The molecule has 3 rings (SSSR count). The minimum atomic E-state index is -0.482. The van der Waals surface area contributed by atoms with E-state index >= 15 is 0 Å². The molecule has 0 spiro atoms. The molecule has 6 nitrogen and oxygen atoms in total. The van der Waals surface area contributed by atoms with Crippen molar-refractivity contribution in [3.63, 3.8) is 0 Å². The lowest BCUT2D eigenvalue weighted by Gasteiger charge is -2.20. The Balaban J connectivity index is 1.49. The zero-order chi connectivity index (χ0) is 16.9. The van der Waals surface area contributed by atoms with Gasteiger partial charge in [0.1, 0.15) is 13.2 Å². The molecule has 0 atom stereocenters. The number of nitrogens with one attached hydrogen (secondary N) is 1. The monoisotopic (exact) mass is 353 g/mol. The number of fused-ring (bicyclic) bond motifs is 1. The highest BCUT2D eigenvalue weighted by atomic mass is 35.5. The topological polar surface area (TPSA) is 73.9 Å². The predicted octanol–water partition coefficient (Wildman–Crippen LogP) is 2.26. The maximum absolute atomic E-state index is 11.9. The van der Waals surface area contributed by atoms with Crippen LogP contribution in [0.2, 0.25) is 5.02 Å². The largest absolute Gasteiger partial charge is 0.486 e. The lowest BCUT2D eigenvalue weighted by molar-refractivity contribution is -0.148. The number of benzene rings is 1. The Bertz CT molecular complexity index is 628. The molecule has 1 saturated carbocycles. The van der Waals surface area contributed by atoms with E-state index < -0.39 is 5.97 Å². The molecular formula is C17H20ClNO5. The first-order chi connectivity index (χ1) is 11.6. The number of hydrogen-bond acceptors (Lipinski definition) is 5. The van der Waals surface area contributed by atoms with Gasteiger partial charge in [0.25, 0.3) is 5.91 Å². The molecule has 1 amide bonds. The van der Waals surface area contributed by atoms with Crippen LogP contribution in [0.15, 0.2) is 12.1 Å². The van der Waals surface area contributed by atoms with Crippen LogP contribution < -0.4 is 14.8 Å². The van der Waals surface area contributed by atoms with Crippen LogP contribution in [0.4, 0.5) is 0 Å². The number of rotatable bonds is 5. The van der Waals surface area contributed by atoms with Gasteiger partial charge < -0.3 is 19.5 Å². The fourth-order valence-corrected chi connectivity index (χ4v) is 3.26. The average Bonchev–Trinajstić information content (AvgIpc) is 3.06. The maximum atomic E-state index is 11.9. The summed E-state index contributed by atoms with van der Waals surface area (Å²) in [5.74, 6) is 0.284. The number of amides is 1. The Morgan fingerprint density at radius 2 is 1.96 bits per heavy atom. The normalized spacial score (nSPS) is 16.7. The first-order valence-corrected chi connectivity index (χ1v) is 8.52. The molecule has 2 aliphatic rings. The fraction of sp³-hybridized carbons (Fsp3) is 0.529. The molecule has 1 aliphatic heterocycles. The summed E-state index contributed by atoms with van der Waals surface area (Å²) in [6.45, 7) is 0.635. The Labute approximate surface area is 145 Å². The summed E-state index contributed by atoms with van der Waals surface area (Å²) < 4.78 is 15.9. The highest BCUT2D eigenvalue weighted by molar-refractivity contribution is 6.32. The van der Waals surface area contributed by atoms with Gasteiger partial charge in [-0.3, -0.25) is 9.59 Å². The SMILES string of the molecule is O=C(COC(=O)Cc1cc(Cl)c2c(c1)OCCO2)NC1CCCC1. The van der Waals surface area contributed by atoms with E-state index in [0.29, 0.717) is 35.3 Å². The lowest BCUT2D eigenvalue weighted by atomic mass is 10.1. The van der Waals surface area contributed by atoms with Crippen LogP contribution in [0.1, 0.15) is 31.2 Å². The number of ether oxygens (including phenoxy) is 3. The van der Waals surface area contributed by atoms with Crippen molar-refractivity contribution in [1.82, 2.24) is 5.32 Å². The molecular weight excluding hydrogens is 334 g/mol. The van der Waals surface area contributed by atoms with E-state index in [1.807, 2.05) is 0 Å². The minimum Gasteiger partial charge on any atom is -0.486 e. The molecule has 24 heavy (non-hydrogen) atoms. The van der Waals surface area contributed by atoms with Crippen molar-refractivity contribution in [2.24, 2.45) is 0 Å². The van der Waals surface area contributed by atoms with E-state index in [1.165, 1.54) is 0 Å². The van der Waals surface area contributed by atoms with Crippen molar-refractivity contribution in [3.8, 4) is 11.5 Å². The van der Waals surface area contributed by atoms with E-state index in [1.54, 1.807) is 12.1 Å². The summed E-state index contributed by atoms with van der Waals surface area (Å²) in [5, 5.41) is 3.27. The third-order valence-corrected chi connectivity index (χ3v) is 4.37. The van der Waals surface area contributed by atoms with Crippen molar-refractivity contribution < 1.29 is 23.8 Å². The second kappa shape index (κ2) is 7.75. The summed E-state index contributed by atoms with van der Waals surface area (Å²) in [6, 6.07) is 3.57. The molecule has 0 bridgehead atoms.